The van der Waals surface area contributed by atoms with Crippen molar-refractivity contribution in [2.75, 3.05) is 5.73 Å². The van der Waals surface area contributed by atoms with Crippen LogP contribution in [0.4, 0.5) is 18.9 Å². The van der Waals surface area contributed by atoms with Crippen molar-refractivity contribution >= 4 is 17.3 Å². The molecule has 0 atom stereocenters. The van der Waals surface area contributed by atoms with Gasteiger partial charge in [0.05, 0.1) is 5.69 Å². The Balaban J connectivity index is 3.34. The molecule has 0 unspecified atom stereocenters. The monoisotopic (exact) mass is 242 g/mol. The van der Waals surface area contributed by atoms with Gasteiger partial charge in [0, 0.05) is 11.8 Å². The summed E-state index contributed by atoms with van der Waals surface area (Å²) in [6.45, 7) is 0. The molecule has 0 saturated carbocycles. The van der Waals surface area contributed by atoms with Gasteiger partial charge in [-0.2, -0.15) is 13.2 Å². The Hall–Kier alpha value is -1.05. The van der Waals surface area contributed by atoms with Crippen LogP contribution >= 0.6 is 11.6 Å². The molecular weight excluding hydrogens is 237 g/mol. The van der Waals surface area contributed by atoms with Crippen LogP contribution < -0.4 is 5.73 Å². The zero-order valence-corrected chi connectivity index (χ0v) is 7.84. The maximum atomic E-state index is 12.2. The van der Waals surface area contributed by atoms with Crippen LogP contribution in [0, 0.1) is 0 Å². The quantitative estimate of drug-likeness (QED) is 0.507. The predicted molar refractivity (Wildman–Crippen MR) is 45.8 cm³/mol. The molecule has 0 spiro atoms. The van der Waals surface area contributed by atoms with Gasteiger partial charge in [0.2, 0.25) is 0 Å². The standard InChI is InChI=1S/C7H6ClF3N2O2/c8-5-4(12)3(1-2-13-5)6(14,15)7(9,10)11/h1-2,14-15H,12H2. The van der Waals surface area contributed by atoms with E-state index in [1.54, 1.807) is 0 Å². The number of nitrogens with two attached hydrogens (primary N) is 1. The lowest BCUT2D eigenvalue weighted by Gasteiger charge is -2.25. The fourth-order valence-corrected chi connectivity index (χ4v) is 1.06. The zero-order chi connectivity index (χ0) is 11.9. The van der Waals surface area contributed by atoms with Crippen molar-refractivity contribution in [3.63, 3.8) is 0 Å². The average Bonchev–Trinajstić information content (AvgIpc) is 2.07. The molecule has 4 nitrogen and oxygen atoms in total. The molecular formula is C7H6ClF3N2O2. The van der Waals surface area contributed by atoms with Crippen LogP contribution in [0.3, 0.4) is 0 Å². The molecule has 0 saturated heterocycles. The Kier molecular flexibility index (Phi) is 2.81. The van der Waals surface area contributed by atoms with E-state index >= 15 is 0 Å². The molecule has 15 heavy (non-hydrogen) atoms. The first-order chi connectivity index (χ1) is 6.68. The van der Waals surface area contributed by atoms with E-state index in [-0.39, 0.29) is 0 Å². The van der Waals surface area contributed by atoms with Crippen LogP contribution in [0.2, 0.25) is 5.15 Å². The fraction of sp³-hybridized carbons (Fsp3) is 0.286. The summed E-state index contributed by atoms with van der Waals surface area (Å²) >= 11 is 5.34. The van der Waals surface area contributed by atoms with Gasteiger partial charge < -0.3 is 15.9 Å². The van der Waals surface area contributed by atoms with Crippen LogP contribution in [0.25, 0.3) is 0 Å². The first-order valence-corrected chi connectivity index (χ1v) is 3.97. The van der Waals surface area contributed by atoms with E-state index in [2.05, 4.69) is 4.98 Å². The summed E-state index contributed by atoms with van der Waals surface area (Å²) < 4.78 is 36.6. The highest BCUT2D eigenvalue weighted by atomic mass is 35.5. The Morgan fingerprint density at radius 1 is 1.33 bits per heavy atom. The molecule has 0 aliphatic rings. The maximum absolute atomic E-state index is 12.2. The molecule has 1 heterocycles. The normalized spacial score (nSPS) is 12.9. The van der Waals surface area contributed by atoms with Gasteiger partial charge in [-0.25, -0.2) is 4.98 Å². The first-order valence-electron chi connectivity index (χ1n) is 3.60. The summed E-state index contributed by atoms with van der Waals surface area (Å²) in [4.78, 5) is 3.39. The van der Waals surface area contributed by atoms with E-state index in [0.717, 1.165) is 12.3 Å². The van der Waals surface area contributed by atoms with Crippen LogP contribution in [-0.4, -0.2) is 21.4 Å². The molecule has 84 valence electrons. The smallest absolute Gasteiger partial charge is 0.396 e. The fourth-order valence-electron chi connectivity index (χ4n) is 0.904. The second-order valence-electron chi connectivity index (χ2n) is 2.73. The predicted octanol–water partition coefficient (Wildman–Crippen LogP) is 1.02. The third-order valence-corrected chi connectivity index (χ3v) is 2.01. The summed E-state index contributed by atoms with van der Waals surface area (Å²) in [5.41, 5.74) is 3.58. The van der Waals surface area contributed by atoms with Crippen molar-refractivity contribution in [2.24, 2.45) is 0 Å². The lowest BCUT2D eigenvalue weighted by molar-refractivity contribution is -0.358. The number of alkyl halides is 3. The van der Waals surface area contributed by atoms with E-state index in [9.17, 15) is 13.2 Å². The van der Waals surface area contributed by atoms with Crippen molar-refractivity contribution < 1.29 is 23.4 Å². The maximum Gasteiger partial charge on any atom is 0.447 e. The minimum absolute atomic E-state index is 0.427. The van der Waals surface area contributed by atoms with Crippen LogP contribution in [0.1, 0.15) is 5.56 Å². The molecule has 0 aliphatic carbocycles. The highest BCUT2D eigenvalue weighted by Crippen LogP contribution is 2.40. The summed E-state index contributed by atoms with van der Waals surface area (Å²) in [6.07, 6.45) is -4.38. The van der Waals surface area contributed by atoms with E-state index < -0.39 is 28.4 Å². The second-order valence-corrected chi connectivity index (χ2v) is 3.09. The van der Waals surface area contributed by atoms with E-state index in [1.807, 2.05) is 0 Å². The SMILES string of the molecule is Nc1c(C(O)(O)C(F)(F)F)ccnc1Cl. The van der Waals surface area contributed by atoms with Gasteiger partial charge in [-0.3, -0.25) is 0 Å². The molecule has 0 aromatic carbocycles. The van der Waals surface area contributed by atoms with Crippen molar-refractivity contribution in [1.82, 2.24) is 4.98 Å². The molecule has 0 fully saturated rings. The molecule has 0 amide bonds. The van der Waals surface area contributed by atoms with Gasteiger partial charge in [-0.1, -0.05) is 11.6 Å². The number of anilines is 1. The minimum atomic E-state index is -5.27. The van der Waals surface area contributed by atoms with Gasteiger partial charge in [-0.15, -0.1) is 0 Å². The van der Waals surface area contributed by atoms with Crippen LogP contribution in [-0.2, 0) is 5.79 Å². The van der Waals surface area contributed by atoms with Gasteiger partial charge in [0.1, 0.15) is 0 Å². The molecule has 0 radical (unpaired) electrons. The van der Waals surface area contributed by atoms with Crippen molar-refractivity contribution in [3.05, 3.63) is 23.0 Å². The van der Waals surface area contributed by atoms with E-state index in [1.165, 1.54) is 0 Å². The Morgan fingerprint density at radius 2 is 1.87 bits per heavy atom. The van der Waals surface area contributed by atoms with Gasteiger partial charge in [0.15, 0.2) is 5.15 Å². The molecule has 1 aromatic rings. The number of rotatable bonds is 1. The van der Waals surface area contributed by atoms with Gasteiger partial charge in [0.25, 0.3) is 5.79 Å². The molecule has 0 aliphatic heterocycles. The molecule has 1 aromatic heterocycles. The lowest BCUT2D eigenvalue weighted by atomic mass is 10.1. The van der Waals surface area contributed by atoms with E-state index in [0.29, 0.717) is 0 Å². The number of aliphatic hydroxyl groups is 2. The Morgan fingerprint density at radius 3 is 2.33 bits per heavy atom. The molecule has 0 bridgehead atoms. The van der Waals surface area contributed by atoms with Gasteiger partial charge in [-0.05, 0) is 6.07 Å². The highest BCUT2D eigenvalue weighted by molar-refractivity contribution is 6.31. The topological polar surface area (TPSA) is 79.4 Å². The number of aromatic nitrogens is 1. The van der Waals surface area contributed by atoms with Gasteiger partial charge >= 0.3 is 6.18 Å². The molecule has 4 N–H and O–H groups in total. The number of hydrogen-bond donors (Lipinski definition) is 3. The van der Waals surface area contributed by atoms with Crippen molar-refractivity contribution in [1.29, 1.82) is 0 Å². The summed E-state index contributed by atoms with van der Waals surface area (Å²) in [5, 5.41) is 17.4. The highest BCUT2D eigenvalue weighted by Gasteiger charge is 2.55. The summed E-state index contributed by atoms with van der Waals surface area (Å²) in [7, 11) is 0. The second kappa shape index (κ2) is 3.51. The van der Waals surface area contributed by atoms with Crippen LogP contribution in [0.5, 0.6) is 0 Å². The number of nitrogen functional groups attached to an aromatic ring is 1. The Labute approximate surface area is 87.1 Å². The third kappa shape index (κ3) is 1.99. The number of hydrogen-bond acceptors (Lipinski definition) is 4. The summed E-state index contributed by atoms with van der Waals surface area (Å²) in [5.74, 6) is -4.04. The number of pyridine rings is 1. The largest absolute Gasteiger partial charge is 0.447 e. The number of nitrogens with zero attached hydrogens (tertiary/aromatic N) is 1. The lowest BCUT2D eigenvalue weighted by Crippen LogP contribution is -2.42. The third-order valence-electron chi connectivity index (χ3n) is 1.71. The van der Waals surface area contributed by atoms with Crippen molar-refractivity contribution in [3.8, 4) is 0 Å². The summed E-state index contributed by atoms with van der Waals surface area (Å²) in [6, 6.07) is 0.731. The van der Waals surface area contributed by atoms with Crippen LogP contribution in [0.15, 0.2) is 12.3 Å². The first kappa shape index (κ1) is 12.0. The Bertz CT molecular complexity index is 381. The molecule has 1 rings (SSSR count). The number of halogens is 4. The van der Waals surface area contributed by atoms with E-state index in [4.69, 9.17) is 27.5 Å². The average molecular weight is 243 g/mol. The molecule has 8 heteroatoms. The van der Waals surface area contributed by atoms with Crippen molar-refractivity contribution in [2.45, 2.75) is 12.0 Å². The minimum Gasteiger partial charge on any atom is -0.396 e. The zero-order valence-electron chi connectivity index (χ0n) is 7.09.